The van der Waals surface area contributed by atoms with Gasteiger partial charge in [-0.1, -0.05) is 18.2 Å². The van der Waals surface area contributed by atoms with Crippen LogP contribution in [0.3, 0.4) is 0 Å². The van der Waals surface area contributed by atoms with Crippen LogP contribution in [0.25, 0.3) is 10.1 Å². The third-order valence-corrected chi connectivity index (χ3v) is 4.83. The first-order valence-corrected chi connectivity index (χ1v) is 8.63. The number of nitrogens with zero attached hydrogens (tertiary/aromatic N) is 1. The summed E-state index contributed by atoms with van der Waals surface area (Å²) in [5.74, 6) is 0. The van der Waals surface area contributed by atoms with E-state index >= 15 is 0 Å². The molecule has 0 aliphatic carbocycles. The summed E-state index contributed by atoms with van der Waals surface area (Å²) in [6.07, 6.45) is 0.203. The molecule has 3 N–H and O–H groups in total. The van der Waals surface area contributed by atoms with Crippen LogP contribution in [0.4, 0.5) is 4.79 Å². The highest BCUT2D eigenvalue weighted by atomic mass is 32.1. The molecule has 1 aromatic heterocycles. The molecule has 0 aliphatic heterocycles. The van der Waals surface area contributed by atoms with Gasteiger partial charge in [-0.15, -0.1) is 11.3 Å². The monoisotopic (exact) mass is 335 g/mol. The standard InChI is InChI=1S/C17H25N3O2S/c1-12(8-9-20(2)3)19-17(22)18-11-14(21)16-10-13-6-4-5-7-15(13)23-16/h4-7,10,12,14,21H,8-9,11H2,1-3H3,(H2,18,19,22). The van der Waals surface area contributed by atoms with Gasteiger partial charge < -0.3 is 20.6 Å². The van der Waals surface area contributed by atoms with E-state index in [1.807, 2.05) is 51.4 Å². The lowest BCUT2D eigenvalue weighted by molar-refractivity contribution is 0.175. The summed E-state index contributed by atoms with van der Waals surface area (Å²) in [5.41, 5.74) is 0. The third-order valence-electron chi connectivity index (χ3n) is 3.62. The molecule has 0 saturated heterocycles. The van der Waals surface area contributed by atoms with E-state index in [1.54, 1.807) is 11.3 Å². The molecule has 0 spiro atoms. The number of rotatable bonds is 7. The van der Waals surface area contributed by atoms with Crippen LogP contribution in [0, 0.1) is 0 Å². The first kappa shape index (κ1) is 17.7. The van der Waals surface area contributed by atoms with Gasteiger partial charge in [0.15, 0.2) is 0 Å². The van der Waals surface area contributed by atoms with Crippen molar-refractivity contribution in [3.05, 3.63) is 35.2 Å². The predicted molar refractivity (Wildman–Crippen MR) is 96.0 cm³/mol. The lowest BCUT2D eigenvalue weighted by Crippen LogP contribution is -2.43. The zero-order valence-corrected chi connectivity index (χ0v) is 14.7. The minimum absolute atomic E-state index is 0.0962. The van der Waals surface area contributed by atoms with Gasteiger partial charge in [0.2, 0.25) is 0 Å². The predicted octanol–water partition coefficient (Wildman–Crippen LogP) is 2.57. The van der Waals surface area contributed by atoms with E-state index < -0.39 is 6.10 Å². The minimum Gasteiger partial charge on any atom is -0.386 e. The van der Waals surface area contributed by atoms with Crippen molar-refractivity contribution >= 4 is 27.5 Å². The summed E-state index contributed by atoms with van der Waals surface area (Å²) in [5, 5.41) is 17.0. The van der Waals surface area contributed by atoms with Gasteiger partial charge in [0.25, 0.3) is 0 Å². The van der Waals surface area contributed by atoms with Crippen molar-refractivity contribution in [1.29, 1.82) is 0 Å². The molecule has 0 saturated carbocycles. The van der Waals surface area contributed by atoms with E-state index in [4.69, 9.17) is 0 Å². The Labute approximate surface area is 141 Å². The highest BCUT2D eigenvalue weighted by Crippen LogP contribution is 2.29. The first-order chi connectivity index (χ1) is 11.0. The molecule has 6 heteroatoms. The molecule has 1 heterocycles. The summed E-state index contributed by atoms with van der Waals surface area (Å²) < 4.78 is 1.14. The number of fused-ring (bicyclic) bond motifs is 1. The van der Waals surface area contributed by atoms with E-state index in [2.05, 4.69) is 15.5 Å². The Balaban J connectivity index is 1.79. The van der Waals surface area contributed by atoms with Crippen molar-refractivity contribution in [2.45, 2.75) is 25.5 Å². The Morgan fingerprint density at radius 3 is 2.78 bits per heavy atom. The van der Waals surface area contributed by atoms with E-state index in [-0.39, 0.29) is 18.6 Å². The molecular formula is C17H25N3O2S. The highest BCUT2D eigenvalue weighted by molar-refractivity contribution is 7.19. The van der Waals surface area contributed by atoms with Crippen molar-refractivity contribution in [3.63, 3.8) is 0 Å². The van der Waals surface area contributed by atoms with Gasteiger partial charge in [-0.25, -0.2) is 4.79 Å². The van der Waals surface area contributed by atoms with Crippen LogP contribution < -0.4 is 10.6 Å². The molecule has 2 amide bonds. The van der Waals surface area contributed by atoms with Gasteiger partial charge in [0, 0.05) is 15.6 Å². The molecule has 0 fully saturated rings. The zero-order valence-electron chi connectivity index (χ0n) is 13.9. The second kappa shape index (κ2) is 8.29. The van der Waals surface area contributed by atoms with Crippen molar-refractivity contribution in [1.82, 2.24) is 15.5 Å². The molecule has 5 nitrogen and oxygen atoms in total. The molecule has 1 aromatic carbocycles. The molecule has 0 bridgehead atoms. The molecule has 2 atom stereocenters. The number of thiophene rings is 1. The van der Waals surface area contributed by atoms with E-state index in [1.165, 1.54) is 0 Å². The largest absolute Gasteiger partial charge is 0.386 e. The molecule has 23 heavy (non-hydrogen) atoms. The minimum atomic E-state index is -0.685. The molecule has 2 rings (SSSR count). The normalized spacial score (nSPS) is 14.0. The van der Waals surface area contributed by atoms with Gasteiger partial charge >= 0.3 is 6.03 Å². The maximum atomic E-state index is 11.9. The van der Waals surface area contributed by atoms with Crippen LogP contribution in [0.1, 0.15) is 24.3 Å². The van der Waals surface area contributed by atoms with Crippen LogP contribution >= 0.6 is 11.3 Å². The Kier molecular flexibility index (Phi) is 6.38. The fourth-order valence-electron chi connectivity index (χ4n) is 2.26. The number of urea groups is 1. The summed E-state index contributed by atoms with van der Waals surface area (Å²) in [6.45, 7) is 3.11. The fraction of sp³-hybridized carbons (Fsp3) is 0.471. The molecule has 2 aromatic rings. The van der Waals surface area contributed by atoms with Gasteiger partial charge in [-0.05, 0) is 51.5 Å². The Hall–Kier alpha value is -1.63. The number of amides is 2. The highest BCUT2D eigenvalue weighted by Gasteiger charge is 2.13. The fourth-order valence-corrected chi connectivity index (χ4v) is 3.31. The maximum Gasteiger partial charge on any atom is 0.315 e. The Morgan fingerprint density at radius 2 is 2.09 bits per heavy atom. The SMILES string of the molecule is CC(CCN(C)C)NC(=O)NCC(O)c1cc2ccccc2s1. The molecular weight excluding hydrogens is 310 g/mol. The summed E-state index contributed by atoms with van der Waals surface area (Å²) >= 11 is 1.56. The molecule has 0 aliphatic rings. The second-order valence-corrected chi connectivity index (χ2v) is 7.17. The lowest BCUT2D eigenvalue weighted by Gasteiger charge is -2.18. The number of benzene rings is 1. The van der Waals surface area contributed by atoms with Gasteiger partial charge in [-0.2, -0.15) is 0 Å². The topological polar surface area (TPSA) is 64.6 Å². The zero-order chi connectivity index (χ0) is 16.8. The molecule has 2 unspecified atom stereocenters. The Morgan fingerprint density at radius 1 is 1.35 bits per heavy atom. The molecule has 0 radical (unpaired) electrons. The summed E-state index contributed by atoms with van der Waals surface area (Å²) in [4.78, 5) is 14.8. The van der Waals surface area contributed by atoms with Crippen molar-refractivity contribution in [3.8, 4) is 0 Å². The molecule has 126 valence electrons. The lowest BCUT2D eigenvalue weighted by atomic mass is 10.2. The van der Waals surface area contributed by atoms with Crippen LogP contribution in [-0.2, 0) is 0 Å². The summed E-state index contributed by atoms with van der Waals surface area (Å²) in [7, 11) is 4.02. The van der Waals surface area contributed by atoms with Crippen LogP contribution in [-0.4, -0.2) is 49.3 Å². The summed E-state index contributed by atoms with van der Waals surface area (Å²) in [6, 6.07) is 9.85. The second-order valence-electron chi connectivity index (χ2n) is 6.05. The number of nitrogens with one attached hydrogen (secondary N) is 2. The van der Waals surface area contributed by atoms with E-state index in [0.717, 1.165) is 27.9 Å². The van der Waals surface area contributed by atoms with Crippen LogP contribution in [0.2, 0.25) is 0 Å². The first-order valence-electron chi connectivity index (χ1n) is 7.81. The quantitative estimate of drug-likeness (QED) is 0.729. The van der Waals surface area contributed by atoms with Crippen LogP contribution in [0.5, 0.6) is 0 Å². The van der Waals surface area contributed by atoms with E-state index in [9.17, 15) is 9.90 Å². The van der Waals surface area contributed by atoms with E-state index in [0.29, 0.717) is 0 Å². The average Bonchev–Trinajstić information content (AvgIpc) is 2.94. The van der Waals surface area contributed by atoms with Gasteiger partial charge in [0.05, 0.1) is 6.54 Å². The Bertz CT molecular complexity index is 609. The number of aliphatic hydroxyl groups is 1. The van der Waals surface area contributed by atoms with Gasteiger partial charge in [-0.3, -0.25) is 0 Å². The van der Waals surface area contributed by atoms with Crippen molar-refractivity contribution < 1.29 is 9.90 Å². The average molecular weight is 335 g/mol. The van der Waals surface area contributed by atoms with Crippen molar-refractivity contribution in [2.75, 3.05) is 27.2 Å². The number of carbonyl (C=O) groups is 1. The number of carbonyl (C=O) groups excluding carboxylic acids is 1. The maximum absolute atomic E-state index is 11.9. The number of hydrogen-bond donors (Lipinski definition) is 3. The third kappa shape index (κ3) is 5.49. The van der Waals surface area contributed by atoms with Crippen LogP contribution in [0.15, 0.2) is 30.3 Å². The smallest absolute Gasteiger partial charge is 0.315 e. The van der Waals surface area contributed by atoms with Crippen molar-refractivity contribution in [2.24, 2.45) is 0 Å². The number of hydrogen-bond acceptors (Lipinski definition) is 4. The van der Waals surface area contributed by atoms with Gasteiger partial charge in [0.1, 0.15) is 6.10 Å². The number of aliphatic hydroxyl groups excluding tert-OH is 1.